The number of nitrogens with zero attached hydrogens (tertiary/aromatic N) is 1. The Kier molecular flexibility index (Phi) is 10.1. The minimum atomic E-state index is -0.733. The van der Waals surface area contributed by atoms with Gasteiger partial charge in [-0.15, -0.1) is 0 Å². The van der Waals surface area contributed by atoms with Gasteiger partial charge in [-0.2, -0.15) is 0 Å². The average molecular weight is 477 g/mol. The molecule has 0 aliphatic rings. The molecule has 3 rings (SSSR count). The normalized spacial score (nSPS) is 11.4. The van der Waals surface area contributed by atoms with Gasteiger partial charge in [-0.05, 0) is 35.4 Å². The van der Waals surface area contributed by atoms with Crippen molar-refractivity contribution in [2.45, 2.75) is 19.0 Å². The van der Waals surface area contributed by atoms with Gasteiger partial charge in [-0.3, -0.25) is 9.59 Å². The van der Waals surface area contributed by atoms with Gasteiger partial charge >= 0.3 is 0 Å². The molecule has 0 aromatic heterocycles. The number of benzene rings is 3. The summed E-state index contributed by atoms with van der Waals surface area (Å²) in [4.78, 5) is 28.4. The molecule has 0 saturated carbocycles. The van der Waals surface area contributed by atoms with Gasteiger partial charge in [0.1, 0.15) is 17.5 Å². The molecule has 7 nitrogen and oxygen atoms in total. The molecule has 1 atom stereocenters. The predicted molar refractivity (Wildman–Crippen MR) is 134 cm³/mol. The Morgan fingerprint density at radius 1 is 0.829 bits per heavy atom. The fraction of sp³-hybridized carbons (Fsp3) is 0.286. The highest BCUT2D eigenvalue weighted by Crippen LogP contribution is 2.18. The van der Waals surface area contributed by atoms with Crippen molar-refractivity contribution >= 4 is 11.8 Å². The lowest BCUT2D eigenvalue weighted by atomic mass is 10.0. The van der Waals surface area contributed by atoms with Gasteiger partial charge in [0.25, 0.3) is 5.91 Å². The van der Waals surface area contributed by atoms with E-state index >= 15 is 0 Å². The molecule has 0 radical (unpaired) electrons. The number of nitrogens with one attached hydrogen (secondary N) is 1. The largest absolute Gasteiger partial charge is 0.497 e. The molecule has 35 heavy (non-hydrogen) atoms. The summed E-state index contributed by atoms with van der Waals surface area (Å²) in [7, 11) is 3.18. The molecule has 0 aliphatic carbocycles. The zero-order chi connectivity index (χ0) is 24.9. The van der Waals surface area contributed by atoms with Crippen LogP contribution < -0.4 is 14.8 Å². The van der Waals surface area contributed by atoms with Crippen molar-refractivity contribution in [1.29, 1.82) is 0 Å². The third kappa shape index (κ3) is 8.15. The lowest BCUT2D eigenvalue weighted by molar-refractivity contribution is -0.142. The molecule has 2 amide bonds. The van der Waals surface area contributed by atoms with Crippen LogP contribution in [-0.2, 0) is 27.3 Å². The van der Waals surface area contributed by atoms with Crippen LogP contribution in [0, 0.1) is 0 Å². The van der Waals surface area contributed by atoms with E-state index in [1.165, 1.54) is 0 Å². The summed E-state index contributed by atoms with van der Waals surface area (Å²) in [5.41, 5.74) is 1.83. The number of ether oxygens (including phenoxy) is 3. The number of hydrogen-bond donors (Lipinski definition) is 1. The first-order valence-corrected chi connectivity index (χ1v) is 11.5. The number of carbonyl (C=O) groups is 2. The fourth-order valence-corrected chi connectivity index (χ4v) is 3.62. The van der Waals surface area contributed by atoms with E-state index in [-0.39, 0.29) is 25.0 Å². The molecule has 184 valence electrons. The highest BCUT2D eigenvalue weighted by Gasteiger charge is 2.30. The maximum atomic E-state index is 13.5. The molecule has 1 N–H and O–H groups in total. The Balaban J connectivity index is 1.87. The highest BCUT2D eigenvalue weighted by atomic mass is 16.5. The van der Waals surface area contributed by atoms with Crippen LogP contribution in [0.25, 0.3) is 0 Å². The van der Waals surface area contributed by atoms with Crippen molar-refractivity contribution in [2.24, 2.45) is 0 Å². The summed E-state index contributed by atoms with van der Waals surface area (Å²) in [6, 6.07) is 25.5. The second kappa shape index (κ2) is 13.8. The van der Waals surface area contributed by atoms with Gasteiger partial charge in [0.2, 0.25) is 5.91 Å². The molecule has 3 aromatic carbocycles. The molecule has 0 unspecified atom stereocenters. The lowest BCUT2D eigenvalue weighted by Gasteiger charge is -2.31. The number of amides is 2. The van der Waals surface area contributed by atoms with Gasteiger partial charge in [0.05, 0.1) is 13.7 Å². The molecule has 7 heteroatoms. The van der Waals surface area contributed by atoms with E-state index in [1.807, 2.05) is 72.8 Å². The van der Waals surface area contributed by atoms with Crippen LogP contribution >= 0.6 is 0 Å². The van der Waals surface area contributed by atoms with Crippen molar-refractivity contribution < 1.29 is 23.8 Å². The monoisotopic (exact) mass is 476 g/mol. The van der Waals surface area contributed by atoms with Crippen molar-refractivity contribution in [3.05, 3.63) is 96.1 Å². The minimum Gasteiger partial charge on any atom is -0.497 e. The Labute approximate surface area is 206 Å². The zero-order valence-corrected chi connectivity index (χ0v) is 20.2. The maximum absolute atomic E-state index is 13.5. The zero-order valence-electron chi connectivity index (χ0n) is 20.2. The average Bonchev–Trinajstić information content (AvgIpc) is 2.91. The first-order valence-electron chi connectivity index (χ1n) is 11.5. The van der Waals surface area contributed by atoms with Crippen LogP contribution in [0.1, 0.15) is 11.1 Å². The van der Waals surface area contributed by atoms with Crippen molar-refractivity contribution in [1.82, 2.24) is 10.2 Å². The summed E-state index contributed by atoms with van der Waals surface area (Å²) in [6.45, 7) is 0.798. The molecule has 0 saturated heterocycles. The van der Waals surface area contributed by atoms with Crippen LogP contribution in [0.15, 0.2) is 84.9 Å². The Hall–Kier alpha value is -3.84. The highest BCUT2D eigenvalue weighted by molar-refractivity contribution is 5.88. The molecule has 3 aromatic rings. The smallest absolute Gasteiger partial charge is 0.261 e. The van der Waals surface area contributed by atoms with E-state index in [4.69, 9.17) is 14.2 Å². The fourth-order valence-electron chi connectivity index (χ4n) is 3.62. The van der Waals surface area contributed by atoms with Crippen LogP contribution in [0.4, 0.5) is 0 Å². The predicted octanol–water partition coefficient (Wildman–Crippen LogP) is 3.48. The molecular formula is C28H32N2O5. The quantitative estimate of drug-likeness (QED) is 0.382. The summed E-state index contributed by atoms with van der Waals surface area (Å²) in [5, 5.41) is 2.90. The molecule has 0 fully saturated rings. The maximum Gasteiger partial charge on any atom is 0.261 e. The first-order chi connectivity index (χ1) is 17.1. The van der Waals surface area contributed by atoms with Crippen molar-refractivity contribution in [3.63, 3.8) is 0 Å². The molecule has 0 aliphatic heterocycles. The minimum absolute atomic E-state index is 0.184. The summed E-state index contributed by atoms with van der Waals surface area (Å²) in [6.07, 6.45) is 0.368. The van der Waals surface area contributed by atoms with Crippen LogP contribution in [0.2, 0.25) is 0 Å². The number of rotatable bonds is 13. The van der Waals surface area contributed by atoms with Gasteiger partial charge in [-0.25, -0.2) is 0 Å². The Morgan fingerprint density at radius 2 is 1.49 bits per heavy atom. The van der Waals surface area contributed by atoms with E-state index in [2.05, 4.69) is 5.32 Å². The number of methoxy groups -OCH3 is 2. The van der Waals surface area contributed by atoms with Gasteiger partial charge in [0, 0.05) is 26.6 Å². The summed E-state index contributed by atoms with van der Waals surface area (Å²) < 4.78 is 16.1. The second-order valence-corrected chi connectivity index (χ2v) is 7.96. The first kappa shape index (κ1) is 25.8. The van der Waals surface area contributed by atoms with Crippen LogP contribution in [0.3, 0.4) is 0 Å². The number of para-hydroxylation sites is 1. The SMILES string of the molecule is COCCNC(=O)[C@H](Cc1ccccc1)N(Cc1ccc(OC)cc1)C(=O)COc1ccccc1. The van der Waals surface area contributed by atoms with Crippen molar-refractivity contribution in [2.75, 3.05) is 34.0 Å². The molecular weight excluding hydrogens is 444 g/mol. The summed E-state index contributed by atoms with van der Waals surface area (Å²) in [5.74, 6) is 0.784. The van der Waals surface area contributed by atoms with Gasteiger partial charge in [-0.1, -0.05) is 60.7 Å². The lowest BCUT2D eigenvalue weighted by Crippen LogP contribution is -2.52. The van der Waals surface area contributed by atoms with E-state index in [0.717, 1.165) is 16.9 Å². The van der Waals surface area contributed by atoms with Crippen LogP contribution in [0.5, 0.6) is 11.5 Å². The third-order valence-corrected chi connectivity index (χ3v) is 5.49. The van der Waals surface area contributed by atoms with E-state index in [9.17, 15) is 9.59 Å². The van der Waals surface area contributed by atoms with Crippen LogP contribution in [-0.4, -0.2) is 56.7 Å². The summed E-state index contributed by atoms with van der Waals surface area (Å²) >= 11 is 0. The van der Waals surface area contributed by atoms with Crippen molar-refractivity contribution in [3.8, 4) is 11.5 Å². The third-order valence-electron chi connectivity index (χ3n) is 5.49. The Bertz CT molecular complexity index is 1040. The molecule has 0 bridgehead atoms. The molecule has 0 heterocycles. The van der Waals surface area contributed by atoms with E-state index in [1.54, 1.807) is 31.3 Å². The standard InChI is InChI=1S/C28H32N2O5/c1-33-18-17-29-28(32)26(19-22-9-5-3-6-10-22)30(20-23-13-15-24(34-2)16-14-23)27(31)21-35-25-11-7-4-8-12-25/h3-16,26H,17-21H2,1-2H3,(H,29,32)/t26-/m0/s1. The Morgan fingerprint density at radius 3 is 2.11 bits per heavy atom. The topological polar surface area (TPSA) is 77.1 Å². The van der Waals surface area contributed by atoms with Gasteiger partial charge in [0.15, 0.2) is 6.61 Å². The van der Waals surface area contributed by atoms with E-state index in [0.29, 0.717) is 25.3 Å². The number of carbonyl (C=O) groups excluding carboxylic acids is 2. The second-order valence-electron chi connectivity index (χ2n) is 7.96. The van der Waals surface area contributed by atoms with Gasteiger partial charge < -0.3 is 24.4 Å². The molecule has 0 spiro atoms. The number of hydrogen-bond acceptors (Lipinski definition) is 5. The van der Waals surface area contributed by atoms with E-state index < -0.39 is 6.04 Å².